The van der Waals surface area contributed by atoms with Crippen molar-refractivity contribution >= 4 is 34.4 Å². The maximum Gasteiger partial charge on any atom is 0.416 e. The average molecular weight is 502 g/mol. The van der Waals surface area contributed by atoms with Crippen LogP contribution in [0.2, 0.25) is 5.02 Å². The molecule has 0 unspecified atom stereocenters. The number of amides is 1. The summed E-state index contributed by atoms with van der Waals surface area (Å²) in [7, 11) is 0. The minimum absolute atomic E-state index is 0.00684. The number of aromatic nitrogens is 3. The Hall–Kier alpha value is -3.79. The number of carbonyl (C=O) groups excluding carboxylic acids is 1. The van der Waals surface area contributed by atoms with Gasteiger partial charge in [0.15, 0.2) is 0 Å². The third-order valence-electron chi connectivity index (χ3n) is 5.78. The van der Waals surface area contributed by atoms with E-state index in [1.807, 2.05) is 6.92 Å². The Morgan fingerprint density at radius 2 is 1.97 bits per heavy atom. The Morgan fingerprint density at radius 3 is 2.74 bits per heavy atom. The van der Waals surface area contributed by atoms with Crippen LogP contribution in [-0.4, -0.2) is 39.7 Å². The molecular weight excluding hydrogens is 483 g/mol. The lowest BCUT2D eigenvalue weighted by atomic mass is 10.1. The molecule has 1 fully saturated rings. The molecule has 5 rings (SSSR count). The molecule has 4 aromatic rings. The van der Waals surface area contributed by atoms with E-state index in [1.54, 1.807) is 47.5 Å². The van der Waals surface area contributed by atoms with Crippen molar-refractivity contribution in [2.24, 2.45) is 0 Å². The van der Waals surface area contributed by atoms with Gasteiger partial charge in [-0.25, -0.2) is 4.52 Å². The highest BCUT2D eigenvalue weighted by Crippen LogP contribution is 2.34. The van der Waals surface area contributed by atoms with Crippen LogP contribution in [0.3, 0.4) is 0 Å². The van der Waals surface area contributed by atoms with Crippen LogP contribution in [0.4, 0.5) is 24.5 Å². The number of ether oxygens (including phenoxy) is 1. The second-order valence-corrected chi connectivity index (χ2v) is 8.61. The van der Waals surface area contributed by atoms with Gasteiger partial charge in [-0.3, -0.25) is 9.78 Å². The van der Waals surface area contributed by atoms with Crippen molar-refractivity contribution in [2.75, 3.05) is 23.3 Å². The summed E-state index contributed by atoms with van der Waals surface area (Å²) < 4.78 is 46.9. The van der Waals surface area contributed by atoms with E-state index >= 15 is 0 Å². The first-order chi connectivity index (χ1) is 16.7. The molecule has 0 bridgehead atoms. The predicted molar refractivity (Wildman–Crippen MR) is 125 cm³/mol. The van der Waals surface area contributed by atoms with Crippen LogP contribution >= 0.6 is 11.6 Å². The molecule has 7 nitrogen and oxygen atoms in total. The number of halogens is 4. The number of nitrogens with one attached hydrogen (secondary N) is 1. The standard InChI is InChI=1S/C24H19ClF3N5O2/c1-14-2-3-15(23(34)31-19-9-16(24(26,27)28)4-5-18(19)25)8-22(14)35-17-12-32(13-17)20-11-30-33-7-6-29-10-21(20)33/h2-11,17H,12-13H2,1H3,(H,31,34). The summed E-state index contributed by atoms with van der Waals surface area (Å²) in [4.78, 5) is 19.0. The highest BCUT2D eigenvalue weighted by Gasteiger charge is 2.32. The van der Waals surface area contributed by atoms with E-state index in [0.717, 1.165) is 35.0 Å². The summed E-state index contributed by atoms with van der Waals surface area (Å²) in [5.74, 6) is -0.0656. The van der Waals surface area contributed by atoms with Gasteiger partial charge in [0.05, 0.1) is 47.4 Å². The first-order valence-electron chi connectivity index (χ1n) is 10.7. The van der Waals surface area contributed by atoms with Gasteiger partial charge in [0, 0.05) is 18.0 Å². The second kappa shape index (κ2) is 8.77. The average Bonchev–Trinajstić information content (AvgIpc) is 3.21. The highest BCUT2D eigenvalue weighted by atomic mass is 35.5. The van der Waals surface area contributed by atoms with Crippen molar-refractivity contribution in [3.05, 3.63) is 82.9 Å². The van der Waals surface area contributed by atoms with Crippen LogP contribution in [0, 0.1) is 6.92 Å². The van der Waals surface area contributed by atoms with Gasteiger partial charge in [-0.2, -0.15) is 18.3 Å². The Morgan fingerprint density at radius 1 is 1.17 bits per heavy atom. The Kier molecular flexibility index (Phi) is 5.76. The molecule has 1 N–H and O–H groups in total. The van der Waals surface area contributed by atoms with Gasteiger partial charge in [-0.1, -0.05) is 17.7 Å². The molecular formula is C24H19ClF3N5O2. The lowest BCUT2D eigenvalue weighted by molar-refractivity contribution is -0.137. The predicted octanol–water partition coefficient (Wildman–Crippen LogP) is 5.23. The van der Waals surface area contributed by atoms with Crippen molar-refractivity contribution in [3.8, 4) is 5.75 Å². The minimum atomic E-state index is -4.55. The summed E-state index contributed by atoms with van der Waals surface area (Å²) in [5, 5.41) is 6.78. The van der Waals surface area contributed by atoms with Crippen molar-refractivity contribution in [1.29, 1.82) is 0 Å². The number of nitrogens with zero attached hydrogens (tertiary/aromatic N) is 4. The summed E-state index contributed by atoms with van der Waals surface area (Å²) in [5.41, 5.74) is 1.91. The molecule has 0 saturated carbocycles. The largest absolute Gasteiger partial charge is 0.486 e. The summed E-state index contributed by atoms with van der Waals surface area (Å²) in [6, 6.07) is 7.66. The quantitative estimate of drug-likeness (QED) is 0.405. The SMILES string of the molecule is Cc1ccc(C(=O)Nc2cc(C(F)(F)F)ccc2Cl)cc1OC1CN(c2cnn3ccncc23)C1. The highest BCUT2D eigenvalue weighted by molar-refractivity contribution is 6.34. The van der Waals surface area contributed by atoms with E-state index in [1.165, 1.54) is 0 Å². The molecule has 2 aromatic carbocycles. The van der Waals surface area contributed by atoms with Gasteiger partial charge < -0.3 is 15.0 Å². The third-order valence-corrected chi connectivity index (χ3v) is 6.11. The van der Waals surface area contributed by atoms with Crippen molar-refractivity contribution < 1.29 is 22.7 Å². The van der Waals surface area contributed by atoms with Gasteiger partial charge in [-0.15, -0.1) is 0 Å². The molecule has 0 atom stereocenters. The van der Waals surface area contributed by atoms with E-state index in [0.29, 0.717) is 18.8 Å². The van der Waals surface area contributed by atoms with Crippen molar-refractivity contribution in [2.45, 2.75) is 19.2 Å². The Bertz CT molecular complexity index is 1420. The zero-order valence-corrected chi connectivity index (χ0v) is 19.1. The van der Waals surface area contributed by atoms with E-state index < -0.39 is 17.6 Å². The molecule has 0 radical (unpaired) electrons. The fourth-order valence-electron chi connectivity index (χ4n) is 3.81. The van der Waals surface area contributed by atoms with Crippen LogP contribution in [0.25, 0.3) is 5.52 Å². The lowest BCUT2D eigenvalue weighted by Gasteiger charge is -2.40. The number of alkyl halides is 3. The van der Waals surface area contributed by atoms with E-state index in [4.69, 9.17) is 16.3 Å². The molecule has 3 heterocycles. The number of aryl methyl sites for hydroxylation is 1. The minimum Gasteiger partial charge on any atom is -0.486 e. The Balaban J connectivity index is 1.27. The van der Waals surface area contributed by atoms with Gasteiger partial charge in [0.25, 0.3) is 5.91 Å². The number of anilines is 2. The monoisotopic (exact) mass is 501 g/mol. The smallest absolute Gasteiger partial charge is 0.416 e. The molecule has 2 aromatic heterocycles. The van der Waals surface area contributed by atoms with Crippen LogP contribution in [0.15, 0.2) is 61.2 Å². The normalized spacial score (nSPS) is 14.1. The van der Waals surface area contributed by atoms with E-state index in [-0.39, 0.29) is 22.4 Å². The molecule has 0 spiro atoms. The van der Waals surface area contributed by atoms with Crippen LogP contribution < -0.4 is 15.0 Å². The summed E-state index contributed by atoms with van der Waals surface area (Å²) in [6.45, 7) is 3.12. The first kappa shape index (κ1) is 23.0. The van der Waals surface area contributed by atoms with Gasteiger partial charge in [-0.05, 0) is 42.8 Å². The fraction of sp³-hybridized carbons (Fsp3) is 0.208. The zero-order valence-electron chi connectivity index (χ0n) is 18.4. The molecule has 1 saturated heterocycles. The van der Waals surface area contributed by atoms with E-state index in [2.05, 4.69) is 20.3 Å². The van der Waals surface area contributed by atoms with Crippen molar-refractivity contribution in [3.63, 3.8) is 0 Å². The fourth-order valence-corrected chi connectivity index (χ4v) is 3.98. The van der Waals surface area contributed by atoms with Crippen molar-refractivity contribution in [1.82, 2.24) is 14.6 Å². The molecule has 1 amide bonds. The number of carbonyl (C=O) groups is 1. The molecule has 180 valence electrons. The van der Waals surface area contributed by atoms with Crippen LogP contribution in [0.5, 0.6) is 5.75 Å². The number of hydrogen-bond donors (Lipinski definition) is 1. The third kappa shape index (κ3) is 4.61. The number of hydrogen-bond acceptors (Lipinski definition) is 5. The number of rotatable bonds is 5. The number of benzene rings is 2. The summed E-state index contributed by atoms with van der Waals surface area (Å²) >= 11 is 6.00. The molecule has 11 heteroatoms. The maximum absolute atomic E-state index is 13.0. The lowest BCUT2D eigenvalue weighted by Crippen LogP contribution is -2.54. The molecule has 1 aliphatic rings. The number of fused-ring (bicyclic) bond motifs is 1. The van der Waals surface area contributed by atoms with Gasteiger partial charge in [0.1, 0.15) is 17.4 Å². The van der Waals surface area contributed by atoms with Gasteiger partial charge in [0.2, 0.25) is 0 Å². The first-order valence-corrected chi connectivity index (χ1v) is 11.0. The van der Waals surface area contributed by atoms with E-state index in [9.17, 15) is 18.0 Å². The van der Waals surface area contributed by atoms with Crippen LogP contribution in [0.1, 0.15) is 21.5 Å². The zero-order chi connectivity index (χ0) is 24.7. The second-order valence-electron chi connectivity index (χ2n) is 8.21. The topological polar surface area (TPSA) is 71.8 Å². The van der Waals surface area contributed by atoms with Crippen LogP contribution in [-0.2, 0) is 6.18 Å². The Labute approximate surface area is 203 Å². The van der Waals surface area contributed by atoms with Gasteiger partial charge >= 0.3 is 6.18 Å². The molecule has 35 heavy (non-hydrogen) atoms. The molecule has 0 aliphatic carbocycles. The summed E-state index contributed by atoms with van der Waals surface area (Å²) in [6.07, 6.45) is 2.32. The molecule has 1 aliphatic heterocycles. The maximum atomic E-state index is 13.0.